The molecule has 0 aromatic heterocycles. The number of allylic oxidation sites excluding steroid dienone is 2. The van der Waals surface area contributed by atoms with Crippen LogP contribution in [0.5, 0.6) is 11.5 Å². The van der Waals surface area contributed by atoms with Crippen LogP contribution in [0, 0.1) is 18.8 Å². The van der Waals surface area contributed by atoms with Gasteiger partial charge in [-0.1, -0.05) is 12.2 Å². The van der Waals surface area contributed by atoms with Crippen LogP contribution in [-0.4, -0.2) is 23.8 Å². The fraction of sp³-hybridized carbons (Fsp3) is 0.375. The molecular weight excluding hydrogens is 286 g/mol. The second-order valence-electron chi connectivity index (χ2n) is 5.50. The number of rotatable bonds is 3. The maximum absolute atomic E-state index is 12.5. The van der Waals surface area contributed by atoms with E-state index in [2.05, 4.69) is 5.32 Å². The minimum atomic E-state index is -0.938. The molecule has 0 saturated carbocycles. The van der Waals surface area contributed by atoms with Gasteiger partial charge in [-0.05, 0) is 31.4 Å². The molecule has 0 fully saturated rings. The van der Waals surface area contributed by atoms with Crippen LogP contribution >= 0.6 is 0 Å². The summed E-state index contributed by atoms with van der Waals surface area (Å²) in [5.74, 6) is -1.23. The summed E-state index contributed by atoms with van der Waals surface area (Å²) in [5, 5.41) is 12.1. The number of hydrogen-bond acceptors (Lipinski definition) is 4. The summed E-state index contributed by atoms with van der Waals surface area (Å²) in [6.07, 6.45) is 4.49. The number of amides is 1. The van der Waals surface area contributed by atoms with Gasteiger partial charge in [-0.2, -0.15) is 0 Å². The summed E-state index contributed by atoms with van der Waals surface area (Å²) in [7, 11) is 0. The number of carboxylic acid groups (broad SMARTS) is 1. The van der Waals surface area contributed by atoms with Crippen LogP contribution in [0.1, 0.15) is 18.4 Å². The highest BCUT2D eigenvalue weighted by atomic mass is 16.7. The van der Waals surface area contributed by atoms with Crippen molar-refractivity contribution in [2.45, 2.75) is 19.8 Å². The van der Waals surface area contributed by atoms with Gasteiger partial charge in [0.25, 0.3) is 0 Å². The van der Waals surface area contributed by atoms with Crippen LogP contribution in [0.15, 0.2) is 24.3 Å². The van der Waals surface area contributed by atoms with Gasteiger partial charge in [0.1, 0.15) is 0 Å². The molecule has 22 heavy (non-hydrogen) atoms. The maximum Gasteiger partial charge on any atom is 0.307 e. The van der Waals surface area contributed by atoms with Crippen LogP contribution in [0.2, 0.25) is 0 Å². The number of aliphatic carboxylic acids is 1. The van der Waals surface area contributed by atoms with Crippen molar-refractivity contribution >= 4 is 17.6 Å². The lowest BCUT2D eigenvalue weighted by Gasteiger charge is -2.24. The third-order valence-electron chi connectivity index (χ3n) is 4.06. The summed E-state index contributed by atoms with van der Waals surface area (Å²) in [5.41, 5.74) is 1.46. The summed E-state index contributed by atoms with van der Waals surface area (Å²) in [4.78, 5) is 23.7. The van der Waals surface area contributed by atoms with Gasteiger partial charge >= 0.3 is 5.97 Å². The molecule has 6 heteroatoms. The van der Waals surface area contributed by atoms with E-state index < -0.39 is 17.8 Å². The molecule has 0 bridgehead atoms. The Morgan fingerprint density at radius 1 is 1.14 bits per heavy atom. The summed E-state index contributed by atoms with van der Waals surface area (Å²) >= 11 is 0. The molecule has 2 N–H and O–H groups in total. The molecule has 1 amide bonds. The molecule has 1 heterocycles. The van der Waals surface area contributed by atoms with E-state index in [1.807, 2.05) is 19.1 Å². The zero-order valence-corrected chi connectivity index (χ0v) is 12.2. The molecule has 3 rings (SSSR count). The lowest BCUT2D eigenvalue weighted by Crippen LogP contribution is -2.34. The van der Waals surface area contributed by atoms with Crippen molar-refractivity contribution in [1.82, 2.24) is 0 Å². The first-order valence-corrected chi connectivity index (χ1v) is 7.15. The highest BCUT2D eigenvalue weighted by Gasteiger charge is 2.34. The highest BCUT2D eigenvalue weighted by Crippen LogP contribution is 2.37. The molecule has 1 aliphatic heterocycles. The van der Waals surface area contributed by atoms with Crippen molar-refractivity contribution in [2.24, 2.45) is 11.8 Å². The molecule has 116 valence electrons. The normalized spacial score (nSPS) is 22.4. The smallest absolute Gasteiger partial charge is 0.307 e. The standard InChI is InChI=1S/C16H17NO5/c1-9-6-13-14(22-8-21-13)7-12(9)17-15(18)10-4-2-3-5-11(10)16(19)20/h2-3,6-7,10-11H,4-5,8H2,1H3,(H,17,18)(H,19,20)/t10-,11+/m1/s1. The fourth-order valence-electron chi connectivity index (χ4n) is 2.78. The van der Waals surface area contributed by atoms with Gasteiger partial charge in [0.15, 0.2) is 11.5 Å². The lowest BCUT2D eigenvalue weighted by atomic mass is 9.82. The molecule has 0 unspecified atom stereocenters. The molecule has 1 aliphatic carbocycles. The van der Waals surface area contributed by atoms with E-state index >= 15 is 0 Å². The Balaban J connectivity index is 1.79. The number of benzene rings is 1. The zero-order chi connectivity index (χ0) is 15.7. The van der Waals surface area contributed by atoms with Crippen molar-refractivity contribution in [1.29, 1.82) is 0 Å². The minimum absolute atomic E-state index is 0.167. The largest absolute Gasteiger partial charge is 0.481 e. The van der Waals surface area contributed by atoms with Crippen LogP contribution < -0.4 is 14.8 Å². The first kappa shape index (κ1) is 14.4. The van der Waals surface area contributed by atoms with E-state index in [9.17, 15) is 14.7 Å². The number of hydrogen-bond donors (Lipinski definition) is 2. The van der Waals surface area contributed by atoms with Gasteiger partial charge in [-0.3, -0.25) is 9.59 Å². The molecule has 6 nitrogen and oxygen atoms in total. The molecule has 0 radical (unpaired) electrons. The number of anilines is 1. The fourth-order valence-corrected chi connectivity index (χ4v) is 2.78. The number of aryl methyl sites for hydroxylation is 1. The first-order chi connectivity index (χ1) is 10.6. The molecular formula is C16H17NO5. The lowest BCUT2D eigenvalue weighted by molar-refractivity contribution is -0.146. The average molecular weight is 303 g/mol. The number of carbonyl (C=O) groups excluding carboxylic acids is 1. The summed E-state index contributed by atoms with van der Waals surface area (Å²) < 4.78 is 10.6. The monoisotopic (exact) mass is 303 g/mol. The Bertz CT molecular complexity index is 652. The van der Waals surface area contributed by atoms with Gasteiger partial charge in [0.05, 0.1) is 11.8 Å². The topological polar surface area (TPSA) is 84.9 Å². The van der Waals surface area contributed by atoms with E-state index in [0.717, 1.165) is 5.56 Å². The zero-order valence-electron chi connectivity index (χ0n) is 12.2. The number of nitrogens with one attached hydrogen (secondary N) is 1. The Hall–Kier alpha value is -2.50. The number of carboxylic acids is 1. The van der Waals surface area contributed by atoms with Crippen molar-refractivity contribution in [3.05, 3.63) is 29.8 Å². The summed E-state index contributed by atoms with van der Waals surface area (Å²) in [6.45, 7) is 2.02. The van der Waals surface area contributed by atoms with E-state index in [1.165, 1.54) is 0 Å². The van der Waals surface area contributed by atoms with Crippen LogP contribution in [0.3, 0.4) is 0 Å². The Morgan fingerprint density at radius 2 is 1.77 bits per heavy atom. The molecule has 2 atom stereocenters. The highest BCUT2D eigenvalue weighted by molar-refractivity contribution is 5.96. The third kappa shape index (κ3) is 2.64. The average Bonchev–Trinajstić information content (AvgIpc) is 2.94. The number of carbonyl (C=O) groups is 2. The molecule has 1 aromatic carbocycles. The van der Waals surface area contributed by atoms with Crippen molar-refractivity contribution in [3.63, 3.8) is 0 Å². The second-order valence-corrected chi connectivity index (χ2v) is 5.50. The third-order valence-corrected chi connectivity index (χ3v) is 4.06. The maximum atomic E-state index is 12.5. The predicted molar refractivity (Wildman–Crippen MR) is 78.9 cm³/mol. The van der Waals surface area contributed by atoms with E-state index in [0.29, 0.717) is 30.0 Å². The Kier molecular flexibility index (Phi) is 3.75. The van der Waals surface area contributed by atoms with Crippen molar-refractivity contribution in [2.75, 3.05) is 12.1 Å². The minimum Gasteiger partial charge on any atom is -0.481 e. The predicted octanol–water partition coefficient (Wildman–Crippen LogP) is 2.33. The van der Waals surface area contributed by atoms with E-state index in [4.69, 9.17) is 9.47 Å². The number of fused-ring (bicyclic) bond motifs is 1. The molecule has 1 aromatic rings. The van der Waals surface area contributed by atoms with Crippen LogP contribution in [0.25, 0.3) is 0 Å². The SMILES string of the molecule is Cc1cc2c(cc1NC(=O)[C@@H]1CC=CC[C@@H]1C(=O)O)OCO2. The first-order valence-electron chi connectivity index (χ1n) is 7.15. The van der Waals surface area contributed by atoms with Crippen LogP contribution in [0.4, 0.5) is 5.69 Å². The Labute approximate surface area is 127 Å². The van der Waals surface area contributed by atoms with Crippen molar-refractivity contribution < 1.29 is 24.2 Å². The van der Waals surface area contributed by atoms with E-state index in [1.54, 1.807) is 12.1 Å². The van der Waals surface area contributed by atoms with Gasteiger partial charge < -0.3 is 19.9 Å². The molecule has 0 saturated heterocycles. The molecule has 0 spiro atoms. The summed E-state index contributed by atoms with van der Waals surface area (Å²) in [6, 6.07) is 3.51. The Morgan fingerprint density at radius 3 is 2.45 bits per heavy atom. The second kappa shape index (κ2) is 5.71. The van der Waals surface area contributed by atoms with Crippen molar-refractivity contribution in [3.8, 4) is 11.5 Å². The van der Waals surface area contributed by atoms with Gasteiger partial charge in [0, 0.05) is 11.8 Å². The number of ether oxygens (including phenoxy) is 2. The van der Waals surface area contributed by atoms with Gasteiger partial charge in [0.2, 0.25) is 12.7 Å². The quantitative estimate of drug-likeness (QED) is 0.837. The molecule has 2 aliphatic rings. The van der Waals surface area contributed by atoms with Gasteiger partial charge in [-0.25, -0.2) is 0 Å². The van der Waals surface area contributed by atoms with E-state index in [-0.39, 0.29) is 12.7 Å². The van der Waals surface area contributed by atoms with Crippen LogP contribution in [-0.2, 0) is 9.59 Å². The van der Waals surface area contributed by atoms with Gasteiger partial charge in [-0.15, -0.1) is 0 Å².